The Bertz CT molecular complexity index is 425. The number of rotatable bonds is 1. The van der Waals surface area contributed by atoms with Crippen LogP contribution in [0.5, 0.6) is 0 Å². The summed E-state index contributed by atoms with van der Waals surface area (Å²) >= 11 is 3.54. The lowest BCUT2D eigenvalue weighted by atomic mass is 9.92. The van der Waals surface area contributed by atoms with E-state index in [1.54, 1.807) is 0 Å². The molecule has 1 saturated carbocycles. The van der Waals surface area contributed by atoms with Crippen LogP contribution in [0, 0.1) is 25.2 Å². The Labute approximate surface area is 92.9 Å². The first-order chi connectivity index (χ1) is 6.59. The zero-order valence-electron chi connectivity index (χ0n) is 8.39. The van der Waals surface area contributed by atoms with Gasteiger partial charge in [0.15, 0.2) is 0 Å². The summed E-state index contributed by atoms with van der Waals surface area (Å²) in [5.74, 6) is 0. The van der Waals surface area contributed by atoms with E-state index in [1.165, 1.54) is 16.7 Å². The van der Waals surface area contributed by atoms with E-state index in [0.29, 0.717) is 0 Å². The molecule has 0 bridgehead atoms. The average Bonchev–Trinajstić information content (AvgIpc) is 2.92. The van der Waals surface area contributed by atoms with Gasteiger partial charge in [0, 0.05) is 4.47 Å². The summed E-state index contributed by atoms with van der Waals surface area (Å²) in [5.41, 5.74) is 3.49. The first-order valence-corrected chi connectivity index (χ1v) is 5.57. The summed E-state index contributed by atoms with van der Waals surface area (Å²) in [6, 6.07) is 6.70. The number of hydrogen-bond donors (Lipinski definition) is 0. The summed E-state index contributed by atoms with van der Waals surface area (Å²) in [4.78, 5) is 0. The Morgan fingerprint density at radius 2 is 2.00 bits per heavy atom. The van der Waals surface area contributed by atoms with E-state index in [9.17, 15) is 0 Å². The zero-order chi connectivity index (χ0) is 10.3. The van der Waals surface area contributed by atoms with Crippen molar-refractivity contribution in [1.29, 1.82) is 5.26 Å². The topological polar surface area (TPSA) is 23.8 Å². The maximum absolute atomic E-state index is 9.15. The molecule has 0 radical (unpaired) electrons. The lowest BCUT2D eigenvalue weighted by Gasteiger charge is -2.13. The molecule has 0 N–H and O–H groups in total. The van der Waals surface area contributed by atoms with E-state index < -0.39 is 0 Å². The van der Waals surface area contributed by atoms with Crippen LogP contribution in [0.3, 0.4) is 0 Å². The zero-order valence-corrected chi connectivity index (χ0v) is 9.98. The van der Waals surface area contributed by atoms with Crippen LogP contribution in [0.1, 0.15) is 29.5 Å². The number of hydrogen-bond acceptors (Lipinski definition) is 1. The summed E-state index contributed by atoms with van der Waals surface area (Å²) < 4.78 is 1.12. The van der Waals surface area contributed by atoms with E-state index in [2.05, 4.69) is 48.0 Å². The predicted molar refractivity (Wildman–Crippen MR) is 60.1 cm³/mol. The normalized spacial score (nSPS) is 17.6. The Morgan fingerprint density at radius 3 is 2.50 bits per heavy atom. The van der Waals surface area contributed by atoms with Crippen molar-refractivity contribution in [1.82, 2.24) is 0 Å². The van der Waals surface area contributed by atoms with Crippen molar-refractivity contribution >= 4 is 15.9 Å². The highest BCUT2D eigenvalue weighted by Gasteiger charge is 2.46. The first-order valence-electron chi connectivity index (χ1n) is 4.77. The number of halogens is 1. The van der Waals surface area contributed by atoms with Crippen LogP contribution in [-0.4, -0.2) is 0 Å². The highest BCUT2D eigenvalue weighted by molar-refractivity contribution is 9.10. The minimum atomic E-state index is -0.168. The summed E-state index contributed by atoms with van der Waals surface area (Å²) in [6.45, 7) is 4.15. The van der Waals surface area contributed by atoms with Gasteiger partial charge in [-0.2, -0.15) is 5.26 Å². The van der Waals surface area contributed by atoms with Gasteiger partial charge in [0.05, 0.1) is 11.5 Å². The van der Waals surface area contributed by atoms with Gasteiger partial charge >= 0.3 is 0 Å². The molecule has 0 spiro atoms. The number of nitriles is 1. The molecule has 2 rings (SSSR count). The van der Waals surface area contributed by atoms with Crippen molar-refractivity contribution in [3.05, 3.63) is 33.3 Å². The third-order valence-corrected chi connectivity index (χ3v) is 3.79. The minimum Gasteiger partial charge on any atom is -0.197 e. The second-order valence-corrected chi connectivity index (χ2v) is 4.97. The predicted octanol–water partition coefficient (Wildman–Crippen LogP) is 3.62. The van der Waals surface area contributed by atoms with Crippen LogP contribution in [0.25, 0.3) is 0 Å². The second kappa shape index (κ2) is 3.10. The largest absolute Gasteiger partial charge is 0.197 e. The van der Waals surface area contributed by atoms with Crippen LogP contribution in [0.15, 0.2) is 16.6 Å². The number of benzene rings is 1. The van der Waals surface area contributed by atoms with Crippen LogP contribution < -0.4 is 0 Å². The molecule has 0 aliphatic heterocycles. The smallest absolute Gasteiger partial charge is 0.0826 e. The summed E-state index contributed by atoms with van der Waals surface area (Å²) in [5, 5.41) is 9.15. The second-order valence-electron chi connectivity index (χ2n) is 4.11. The van der Waals surface area contributed by atoms with E-state index in [-0.39, 0.29) is 5.41 Å². The van der Waals surface area contributed by atoms with Crippen molar-refractivity contribution < 1.29 is 0 Å². The highest BCUT2D eigenvalue weighted by atomic mass is 79.9. The Hall–Kier alpha value is -0.810. The first kappa shape index (κ1) is 9.73. The molecule has 0 amide bonds. The molecule has 0 saturated heterocycles. The molecular weight excluding hydrogens is 238 g/mol. The average molecular weight is 250 g/mol. The molecule has 1 aromatic rings. The molecule has 72 valence electrons. The van der Waals surface area contributed by atoms with Crippen molar-refractivity contribution in [2.75, 3.05) is 0 Å². The molecule has 2 heteroatoms. The third kappa shape index (κ3) is 1.36. The molecule has 0 aromatic heterocycles. The SMILES string of the molecule is Cc1cc(Br)c(C)c(C2(C#N)CC2)c1. The third-order valence-electron chi connectivity index (χ3n) is 2.97. The molecule has 0 heterocycles. The van der Waals surface area contributed by atoms with Gasteiger partial charge in [0.2, 0.25) is 0 Å². The standard InChI is InChI=1S/C12H12BrN/c1-8-5-10(9(2)11(13)6-8)12(7-14)3-4-12/h5-6H,3-4H2,1-2H3. The maximum atomic E-state index is 9.15. The molecule has 1 aliphatic rings. The van der Waals surface area contributed by atoms with Crippen molar-refractivity contribution in [2.24, 2.45) is 0 Å². The van der Waals surface area contributed by atoms with Gasteiger partial charge in [-0.15, -0.1) is 0 Å². The summed E-state index contributed by atoms with van der Waals surface area (Å²) in [7, 11) is 0. The fraction of sp³-hybridized carbons (Fsp3) is 0.417. The molecule has 1 aromatic carbocycles. The Balaban J connectivity index is 2.59. The van der Waals surface area contributed by atoms with Gasteiger partial charge in [-0.3, -0.25) is 0 Å². The van der Waals surface area contributed by atoms with Gasteiger partial charge < -0.3 is 0 Å². The minimum absolute atomic E-state index is 0.168. The monoisotopic (exact) mass is 249 g/mol. The molecule has 0 unspecified atom stereocenters. The van der Waals surface area contributed by atoms with Crippen molar-refractivity contribution in [3.63, 3.8) is 0 Å². The lowest BCUT2D eigenvalue weighted by molar-refractivity contribution is 0.890. The Kier molecular flexibility index (Phi) is 2.16. The van der Waals surface area contributed by atoms with Crippen molar-refractivity contribution in [2.45, 2.75) is 32.1 Å². The lowest BCUT2D eigenvalue weighted by Crippen LogP contribution is -2.06. The van der Waals surface area contributed by atoms with Crippen LogP contribution in [0.2, 0.25) is 0 Å². The fourth-order valence-corrected chi connectivity index (χ4v) is 2.45. The quantitative estimate of drug-likeness (QED) is 0.746. The highest BCUT2D eigenvalue weighted by Crippen LogP contribution is 2.49. The van der Waals surface area contributed by atoms with E-state index >= 15 is 0 Å². The van der Waals surface area contributed by atoms with Crippen molar-refractivity contribution in [3.8, 4) is 6.07 Å². The molecule has 1 fully saturated rings. The molecule has 1 nitrogen and oxygen atoms in total. The van der Waals surface area contributed by atoms with Gasteiger partial charge in [-0.05, 0) is 49.4 Å². The molecule has 0 atom stereocenters. The van der Waals surface area contributed by atoms with Crippen LogP contribution >= 0.6 is 15.9 Å². The fourth-order valence-electron chi connectivity index (χ4n) is 1.88. The molecule has 1 aliphatic carbocycles. The van der Waals surface area contributed by atoms with Gasteiger partial charge in [-0.25, -0.2) is 0 Å². The number of nitrogens with zero attached hydrogens (tertiary/aromatic N) is 1. The van der Waals surface area contributed by atoms with E-state index in [4.69, 9.17) is 5.26 Å². The van der Waals surface area contributed by atoms with Gasteiger partial charge in [0.1, 0.15) is 0 Å². The van der Waals surface area contributed by atoms with E-state index in [1.807, 2.05) is 0 Å². The maximum Gasteiger partial charge on any atom is 0.0826 e. The van der Waals surface area contributed by atoms with Crippen LogP contribution in [0.4, 0.5) is 0 Å². The van der Waals surface area contributed by atoms with E-state index in [0.717, 1.165) is 17.3 Å². The van der Waals surface area contributed by atoms with Crippen LogP contribution in [-0.2, 0) is 5.41 Å². The molecule has 14 heavy (non-hydrogen) atoms. The van der Waals surface area contributed by atoms with Gasteiger partial charge in [-0.1, -0.05) is 22.0 Å². The number of aryl methyl sites for hydroxylation is 1. The molecular formula is C12H12BrN. The van der Waals surface area contributed by atoms with Gasteiger partial charge in [0.25, 0.3) is 0 Å². The Morgan fingerprint density at radius 1 is 1.36 bits per heavy atom. The summed E-state index contributed by atoms with van der Waals surface area (Å²) in [6.07, 6.45) is 2.03.